The normalized spacial score (nSPS) is 26.4. The third-order valence-electron chi connectivity index (χ3n) is 3.23. The van der Waals surface area contributed by atoms with Crippen LogP contribution in [0.4, 0.5) is 10.2 Å². The maximum atomic E-state index is 13.5. The van der Waals surface area contributed by atoms with Gasteiger partial charge in [-0.05, 0) is 25.0 Å². The summed E-state index contributed by atoms with van der Waals surface area (Å²) in [7, 11) is -5.01. The van der Waals surface area contributed by atoms with Gasteiger partial charge in [0.25, 0.3) is 0 Å². The van der Waals surface area contributed by atoms with Gasteiger partial charge in [0.1, 0.15) is 17.6 Å². The molecule has 0 amide bonds. The van der Waals surface area contributed by atoms with E-state index in [4.69, 9.17) is 31.9 Å². The summed E-state index contributed by atoms with van der Waals surface area (Å²) >= 11 is 5.76. The van der Waals surface area contributed by atoms with Crippen molar-refractivity contribution >= 4 is 25.0 Å². The fraction of sp³-hybridized carbons (Fsp3) is 0.455. The van der Waals surface area contributed by atoms with Crippen LogP contribution in [-0.4, -0.2) is 30.8 Å². The smallest absolute Gasteiger partial charge is 0.383 e. The van der Waals surface area contributed by atoms with Crippen LogP contribution in [0.15, 0.2) is 28.7 Å². The summed E-state index contributed by atoms with van der Waals surface area (Å²) in [6.45, 7) is 0. The third kappa shape index (κ3) is 3.56. The van der Waals surface area contributed by atoms with Crippen LogP contribution in [0.1, 0.15) is 19.1 Å². The minimum Gasteiger partial charge on any atom is -0.383 e. The molecule has 1 fully saturated rings. The molecule has 1 aromatic rings. The third-order valence-corrected chi connectivity index (χ3v) is 4.37. The zero-order valence-electron chi connectivity index (χ0n) is 11.2. The Bertz CT molecular complexity index is 705. The van der Waals surface area contributed by atoms with Gasteiger partial charge in [-0.25, -0.2) is 4.79 Å². The summed E-state index contributed by atoms with van der Waals surface area (Å²) in [4.78, 5) is 32.9. The van der Waals surface area contributed by atoms with Gasteiger partial charge in [-0.2, -0.15) is 9.37 Å². The second-order valence-corrected chi connectivity index (χ2v) is 6.65. The van der Waals surface area contributed by atoms with E-state index in [9.17, 15) is 13.8 Å². The highest BCUT2D eigenvalue weighted by Crippen LogP contribution is 2.49. The number of aromatic nitrogens is 2. The van der Waals surface area contributed by atoms with Crippen LogP contribution in [0.25, 0.3) is 0 Å². The van der Waals surface area contributed by atoms with E-state index in [-0.39, 0.29) is 18.1 Å². The number of rotatable bonds is 4. The predicted octanol–water partition coefficient (Wildman–Crippen LogP) is 1.10. The van der Waals surface area contributed by atoms with Gasteiger partial charge in [0.15, 0.2) is 0 Å². The molecule has 1 aliphatic heterocycles. The molecule has 2 unspecified atom stereocenters. The molecule has 11 heteroatoms. The lowest BCUT2D eigenvalue weighted by molar-refractivity contribution is -0.0336. The quantitative estimate of drug-likeness (QED) is 0.546. The van der Waals surface area contributed by atoms with E-state index in [0.717, 1.165) is 4.57 Å². The molecule has 0 radical (unpaired) electrons. The maximum absolute atomic E-state index is 13.5. The Morgan fingerprint density at radius 2 is 2.41 bits per heavy atom. The molecule has 0 spiro atoms. The number of halogens is 2. The lowest BCUT2D eigenvalue weighted by atomic mass is 10.0. The highest BCUT2D eigenvalue weighted by atomic mass is 35.5. The standard InChI is InChI=1S/C11H14ClFN3O5P/c12-6-11(5-7(13)22(18,19)20)3-1-9(21-11)16-4-2-8(14)15-10(16)17/h2,4-5,9H,1,3,6H2,(H2,14,15,17)(H2,18,19,20). The molecule has 122 valence electrons. The van der Waals surface area contributed by atoms with E-state index in [1.807, 2.05) is 0 Å². The fourth-order valence-electron chi connectivity index (χ4n) is 2.14. The number of alkyl halides is 1. The van der Waals surface area contributed by atoms with Gasteiger partial charge in [-0.15, -0.1) is 11.6 Å². The van der Waals surface area contributed by atoms with Crippen LogP contribution in [0.2, 0.25) is 0 Å². The Hall–Kier alpha value is -1.25. The average molecular weight is 354 g/mol. The summed E-state index contributed by atoms with van der Waals surface area (Å²) in [5.74, 6) is -0.177. The molecule has 0 saturated carbocycles. The first-order valence-electron chi connectivity index (χ1n) is 6.20. The number of nitrogen functional groups attached to an aromatic ring is 1. The Morgan fingerprint density at radius 1 is 1.73 bits per heavy atom. The van der Waals surface area contributed by atoms with Gasteiger partial charge < -0.3 is 20.3 Å². The first kappa shape index (κ1) is 17.1. The van der Waals surface area contributed by atoms with Gasteiger partial charge in [-0.1, -0.05) is 0 Å². The average Bonchev–Trinajstić information content (AvgIpc) is 2.82. The van der Waals surface area contributed by atoms with Crippen LogP contribution in [-0.2, 0) is 9.30 Å². The summed E-state index contributed by atoms with van der Waals surface area (Å²) in [6, 6.07) is 1.40. The molecule has 8 nitrogen and oxygen atoms in total. The number of nitrogens with two attached hydrogens (primary N) is 1. The van der Waals surface area contributed by atoms with Crippen molar-refractivity contribution in [3.8, 4) is 0 Å². The molecular weight excluding hydrogens is 340 g/mol. The topological polar surface area (TPSA) is 128 Å². The number of ether oxygens (including phenoxy) is 1. The number of nitrogens with zero attached hydrogens (tertiary/aromatic N) is 2. The highest BCUT2D eigenvalue weighted by Gasteiger charge is 2.41. The zero-order chi connectivity index (χ0) is 16.5. The van der Waals surface area contributed by atoms with Crippen molar-refractivity contribution in [1.82, 2.24) is 9.55 Å². The van der Waals surface area contributed by atoms with Gasteiger partial charge in [0.05, 0.1) is 5.88 Å². The molecular formula is C11H14ClFN3O5P. The molecule has 1 aromatic heterocycles. The van der Waals surface area contributed by atoms with Crippen LogP contribution >= 0.6 is 19.2 Å². The van der Waals surface area contributed by atoms with Crippen molar-refractivity contribution in [3.05, 3.63) is 34.4 Å². The van der Waals surface area contributed by atoms with E-state index < -0.39 is 30.7 Å². The van der Waals surface area contributed by atoms with Crippen molar-refractivity contribution in [2.45, 2.75) is 24.7 Å². The number of hydrogen-bond donors (Lipinski definition) is 3. The Kier molecular flexibility index (Phi) is 4.74. The van der Waals surface area contributed by atoms with Crippen molar-refractivity contribution in [3.63, 3.8) is 0 Å². The maximum Gasteiger partial charge on any atom is 0.384 e. The van der Waals surface area contributed by atoms with Crippen LogP contribution < -0.4 is 11.4 Å². The Balaban J connectivity index is 2.29. The van der Waals surface area contributed by atoms with E-state index in [1.54, 1.807) is 0 Å². The van der Waals surface area contributed by atoms with Crippen LogP contribution in [0, 0.1) is 0 Å². The highest BCUT2D eigenvalue weighted by molar-refractivity contribution is 7.56. The molecule has 22 heavy (non-hydrogen) atoms. The molecule has 1 saturated heterocycles. The minimum atomic E-state index is -5.01. The molecule has 0 bridgehead atoms. The van der Waals surface area contributed by atoms with Gasteiger partial charge in [-0.3, -0.25) is 9.13 Å². The molecule has 2 atom stereocenters. The lowest BCUT2D eigenvalue weighted by Gasteiger charge is -2.24. The first-order chi connectivity index (χ1) is 10.2. The minimum absolute atomic E-state index is 0.0512. The molecule has 0 aliphatic carbocycles. The van der Waals surface area contributed by atoms with Crippen molar-refractivity contribution in [2.75, 3.05) is 11.6 Å². The van der Waals surface area contributed by atoms with Crippen molar-refractivity contribution in [2.24, 2.45) is 0 Å². The van der Waals surface area contributed by atoms with Crippen molar-refractivity contribution in [1.29, 1.82) is 0 Å². The van der Waals surface area contributed by atoms with Crippen LogP contribution in [0.3, 0.4) is 0 Å². The number of hydrogen-bond acceptors (Lipinski definition) is 5. The van der Waals surface area contributed by atoms with Gasteiger partial charge >= 0.3 is 13.3 Å². The molecule has 0 aromatic carbocycles. The largest absolute Gasteiger partial charge is 0.384 e. The van der Waals surface area contributed by atoms with Crippen molar-refractivity contribution < 1.29 is 23.5 Å². The van der Waals surface area contributed by atoms with E-state index in [1.165, 1.54) is 12.3 Å². The van der Waals surface area contributed by atoms with E-state index in [0.29, 0.717) is 12.5 Å². The molecule has 4 N–H and O–H groups in total. The molecule has 2 rings (SSSR count). The molecule has 2 heterocycles. The Labute approximate surface area is 129 Å². The second kappa shape index (κ2) is 6.10. The summed E-state index contributed by atoms with van der Waals surface area (Å²) < 4.78 is 31.1. The van der Waals surface area contributed by atoms with Crippen LogP contribution in [0.5, 0.6) is 0 Å². The van der Waals surface area contributed by atoms with E-state index >= 15 is 0 Å². The zero-order valence-corrected chi connectivity index (χ0v) is 12.9. The summed E-state index contributed by atoms with van der Waals surface area (Å²) in [5.41, 5.74) is 1.72. The second-order valence-electron chi connectivity index (χ2n) is 4.86. The summed E-state index contributed by atoms with van der Waals surface area (Å²) in [5, 5.41) is 0. The lowest BCUT2D eigenvalue weighted by Crippen LogP contribution is -2.32. The number of anilines is 1. The van der Waals surface area contributed by atoms with Gasteiger partial charge in [0, 0.05) is 6.20 Å². The fourth-order valence-corrected chi connectivity index (χ4v) is 2.82. The monoisotopic (exact) mass is 353 g/mol. The SMILES string of the molecule is Nc1ccn(C2CCC(C=C(F)P(=O)(O)O)(CCl)O2)c(=O)n1. The summed E-state index contributed by atoms with van der Waals surface area (Å²) in [6.07, 6.45) is 1.76. The van der Waals surface area contributed by atoms with E-state index in [2.05, 4.69) is 4.98 Å². The molecule has 1 aliphatic rings. The predicted molar refractivity (Wildman–Crippen MR) is 77.0 cm³/mol. The van der Waals surface area contributed by atoms with Gasteiger partial charge in [0.2, 0.25) is 5.57 Å². The first-order valence-corrected chi connectivity index (χ1v) is 8.34. The Morgan fingerprint density at radius 3 is 2.95 bits per heavy atom.